The number of amides is 2. The number of hydrogen-bond acceptors (Lipinski definition) is 4. The Morgan fingerprint density at radius 1 is 0.938 bits per heavy atom. The summed E-state index contributed by atoms with van der Waals surface area (Å²) < 4.78 is 28.2. The van der Waals surface area contributed by atoms with E-state index in [9.17, 15) is 18.0 Å². The molecule has 0 aliphatic heterocycles. The summed E-state index contributed by atoms with van der Waals surface area (Å²) in [4.78, 5) is 24.7. The zero-order valence-electron chi connectivity index (χ0n) is 17.9. The third-order valence-corrected chi connectivity index (χ3v) is 6.78. The molecule has 3 rings (SSSR count). The molecule has 0 aliphatic carbocycles. The summed E-state index contributed by atoms with van der Waals surface area (Å²) in [5.41, 5.74) is 7.88. The average Bonchev–Trinajstić information content (AvgIpc) is 2.78. The number of carbonyl (C=O) groups is 2. The van der Waals surface area contributed by atoms with E-state index >= 15 is 0 Å². The predicted molar refractivity (Wildman–Crippen MR) is 125 cm³/mol. The quantitative estimate of drug-likeness (QED) is 0.546. The van der Waals surface area contributed by atoms with Crippen molar-refractivity contribution >= 4 is 33.2 Å². The third kappa shape index (κ3) is 4.97. The van der Waals surface area contributed by atoms with Crippen molar-refractivity contribution in [2.75, 3.05) is 16.2 Å². The first-order valence-corrected chi connectivity index (χ1v) is 11.5. The van der Waals surface area contributed by atoms with Gasteiger partial charge < -0.3 is 11.1 Å². The van der Waals surface area contributed by atoms with Gasteiger partial charge in [-0.15, -0.1) is 0 Å². The van der Waals surface area contributed by atoms with Gasteiger partial charge in [-0.2, -0.15) is 0 Å². The number of hydrogen-bond donors (Lipinski definition) is 2. The Labute approximate surface area is 187 Å². The number of anilines is 2. The van der Waals surface area contributed by atoms with Gasteiger partial charge in [0, 0.05) is 0 Å². The van der Waals surface area contributed by atoms with E-state index in [1.54, 1.807) is 36.4 Å². The maximum Gasteiger partial charge on any atom is 0.264 e. The second-order valence-corrected chi connectivity index (χ2v) is 9.13. The zero-order chi connectivity index (χ0) is 23.3. The number of primary amides is 1. The molecule has 166 valence electrons. The fraction of sp³-hybridized carbons (Fsp3) is 0.167. The Kier molecular flexibility index (Phi) is 6.95. The average molecular weight is 452 g/mol. The van der Waals surface area contributed by atoms with Gasteiger partial charge in [0.1, 0.15) is 6.54 Å². The van der Waals surface area contributed by atoms with Crippen molar-refractivity contribution in [3.8, 4) is 0 Å². The van der Waals surface area contributed by atoms with Crippen LogP contribution < -0.4 is 15.4 Å². The molecule has 0 spiro atoms. The minimum absolute atomic E-state index is 0.0827. The van der Waals surface area contributed by atoms with Crippen LogP contribution in [0.2, 0.25) is 0 Å². The van der Waals surface area contributed by atoms with Gasteiger partial charge in [0.2, 0.25) is 5.91 Å². The van der Waals surface area contributed by atoms with Crippen molar-refractivity contribution in [3.05, 3.63) is 89.5 Å². The monoisotopic (exact) mass is 451 g/mol. The van der Waals surface area contributed by atoms with Gasteiger partial charge in [0.05, 0.1) is 21.8 Å². The van der Waals surface area contributed by atoms with Crippen LogP contribution in [0.1, 0.15) is 28.4 Å². The molecular formula is C24H25N3O4S. The molecule has 3 aromatic rings. The second kappa shape index (κ2) is 9.65. The standard InChI is InChI=1S/C24H25N3O4S/c1-3-18-8-4-7-11-22(18)27(32(30,31)19-14-12-17(2)13-15-19)16-23(28)26-21-10-6-5-9-20(21)24(25)29/h4-15H,3,16H2,1-2H3,(H2,25,29)(H,26,28). The molecule has 0 radical (unpaired) electrons. The number of aryl methyl sites for hydroxylation is 2. The molecule has 0 unspecified atom stereocenters. The fourth-order valence-electron chi connectivity index (χ4n) is 3.32. The molecule has 2 amide bonds. The summed E-state index contributed by atoms with van der Waals surface area (Å²) in [6.45, 7) is 3.31. The number of nitrogens with one attached hydrogen (secondary N) is 1. The van der Waals surface area contributed by atoms with Gasteiger partial charge in [0.15, 0.2) is 0 Å². The molecule has 0 atom stereocenters. The maximum absolute atomic E-state index is 13.5. The number of rotatable bonds is 8. The number of para-hydroxylation sites is 2. The Morgan fingerprint density at radius 3 is 2.22 bits per heavy atom. The summed E-state index contributed by atoms with van der Waals surface area (Å²) >= 11 is 0. The van der Waals surface area contributed by atoms with Gasteiger partial charge in [-0.1, -0.05) is 55.0 Å². The minimum Gasteiger partial charge on any atom is -0.366 e. The first-order chi connectivity index (χ1) is 15.2. The fourth-order valence-corrected chi connectivity index (χ4v) is 4.78. The lowest BCUT2D eigenvalue weighted by Crippen LogP contribution is -2.39. The highest BCUT2D eigenvalue weighted by Crippen LogP contribution is 2.28. The Morgan fingerprint density at radius 2 is 1.56 bits per heavy atom. The van der Waals surface area contributed by atoms with Crippen LogP contribution in [0.3, 0.4) is 0 Å². The first-order valence-electron chi connectivity index (χ1n) is 10.1. The van der Waals surface area contributed by atoms with Crippen LogP contribution in [-0.2, 0) is 21.2 Å². The van der Waals surface area contributed by atoms with Crippen molar-refractivity contribution in [3.63, 3.8) is 0 Å². The zero-order valence-corrected chi connectivity index (χ0v) is 18.7. The van der Waals surface area contributed by atoms with Crippen LogP contribution in [-0.4, -0.2) is 26.8 Å². The van der Waals surface area contributed by atoms with Crippen molar-refractivity contribution in [1.29, 1.82) is 0 Å². The molecule has 0 fully saturated rings. The highest BCUT2D eigenvalue weighted by atomic mass is 32.2. The number of benzene rings is 3. The number of nitrogens with two attached hydrogens (primary N) is 1. The SMILES string of the molecule is CCc1ccccc1N(CC(=O)Nc1ccccc1C(N)=O)S(=O)(=O)c1ccc(C)cc1. The highest BCUT2D eigenvalue weighted by molar-refractivity contribution is 7.92. The van der Waals surface area contributed by atoms with E-state index in [2.05, 4.69) is 5.32 Å². The topological polar surface area (TPSA) is 110 Å². The largest absolute Gasteiger partial charge is 0.366 e. The van der Waals surface area contributed by atoms with E-state index in [-0.39, 0.29) is 16.1 Å². The molecule has 32 heavy (non-hydrogen) atoms. The van der Waals surface area contributed by atoms with Crippen LogP contribution in [0.25, 0.3) is 0 Å². The van der Waals surface area contributed by atoms with Crippen molar-refractivity contribution < 1.29 is 18.0 Å². The Hall–Kier alpha value is -3.65. The van der Waals surface area contributed by atoms with Gasteiger partial charge in [-0.25, -0.2) is 8.42 Å². The van der Waals surface area contributed by atoms with Crippen LogP contribution in [0, 0.1) is 6.92 Å². The normalized spacial score (nSPS) is 11.1. The number of sulfonamides is 1. The van der Waals surface area contributed by atoms with Gasteiger partial charge in [0.25, 0.3) is 15.9 Å². The molecular weight excluding hydrogens is 426 g/mol. The van der Waals surface area contributed by atoms with E-state index in [0.29, 0.717) is 12.1 Å². The first kappa shape index (κ1) is 23.0. The summed E-state index contributed by atoms with van der Waals surface area (Å²) in [6, 6.07) is 19.8. The van der Waals surface area contributed by atoms with E-state index in [1.807, 2.05) is 26.0 Å². The molecule has 0 saturated heterocycles. The van der Waals surface area contributed by atoms with Crippen LogP contribution in [0.4, 0.5) is 11.4 Å². The number of nitrogens with zero attached hydrogens (tertiary/aromatic N) is 1. The Bertz CT molecular complexity index is 1240. The molecule has 0 bridgehead atoms. The summed E-state index contributed by atoms with van der Waals surface area (Å²) in [5, 5.41) is 2.62. The molecule has 0 aromatic heterocycles. The lowest BCUT2D eigenvalue weighted by atomic mass is 10.1. The smallest absolute Gasteiger partial charge is 0.264 e. The van der Waals surface area contributed by atoms with Crippen molar-refractivity contribution in [2.24, 2.45) is 5.73 Å². The van der Waals surface area contributed by atoms with Gasteiger partial charge >= 0.3 is 0 Å². The highest BCUT2D eigenvalue weighted by Gasteiger charge is 2.28. The molecule has 8 heteroatoms. The lowest BCUT2D eigenvalue weighted by molar-refractivity contribution is -0.114. The van der Waals surface area contributed by atoms with Crippen molar-refractivity contribution in [2.45, 2.75) is 25.2 Å². The van der Waals surface area contributed by atoms with Crippen molar-refractivity contribution in [1.82, 2.24) is 0 Å². The van der Waals surface area contributed by atoms with E-state index in [1.165, 1.54) is 24.3 Å². The number of carbonyl (C=O) groups excluding carboxylic acids is 2. The second-order valence-electron chi connectivity index (χ2n) is 7.27. The van der Waals surface area contributed by atoms with E-state index in [4.69, 9.17) is 5.73 Å². The maximum atomic E-state index is 13.5. The van der Waals surface area contributed by atoms with Gasteiger partial charge in [-0.3, -0.25) is 13.9 Å². The summed E-state index contributed by atoms with van der Waals surface area (Å²) in [7, 11) is -4.04. The molecule has 0 heterocycles. The predicted octanol–water partition coefficient (Wildman–Crippen LogP) is 3.49. The molecule has 0 aliphatic rings. The summed E-state index contributed by atoms with van der Waals surface area (Å²) in [6.07, 6.45) is 0.586. The molecule has 0 saturated carbocycles. The molecule has 3 N–H and O–H groups in total. The van der Waals surface area contributed by atoms with E-state index < -0.39 is 28.4 Å². The van der Waals surface area contributed by atoms with Crippen LogP contribution >= 0.6 is 0 Å². The van der Waals surface area contributed by atoms with E-state index in [0.717, 1.165) is 15.4 Å². The van der Waals surface area contributed by atoms with Crippen LogP contribution in [0.5, 0.6) is 0 Å². The summed E-state index contributed by atoms with van der Waals surface area (Å²) in [5.74, 6) is -1.29. The van der Waals surface area contributed by atoms with Crippen LogP contribution in [0.15, 0.2) is 77.7 Å². The third-order valence-electron chi connectivity index (χ3n) is 5.00. The Balaban J connectivity index is 2.01. The van der Waals surface area contributed by atoms with Gasteiger partial charge in [-0.05, 0) is 49.2 Å². The molecule has 7 nitrogen and oxygen atoms in total. The lowest BCUT2D eigenvalue weighted by Gasteiger charge is -2.26. The molecule has 3 aromatic carbocycles. The minimum atomic E-state index is -4.04.